The first-order valence-electron chi connectivity index (χ1n) is 12.3. The number of anilines is 1. The molecule has 0 aliphatic carbocycles. The van der Waals surface area contributed by atoms with Gasteiger partial charge in [0, 0.05) is 25.0 Å². The zero-order chi connectivity index (χ0) is 26.2. The lowest BCUT2D eigenvalue weighted by molar-refractivity contribution is 0.482. The molecule has 0 amide bonds. The van der Waals surface area contributed by atoms with Crippen LogP contribution in [0.2, 0.25) is 0 Å². The molecule has 0 N–H and O–H groups in total. The predicted octanol–water partition coefficient (Wildman–Crippen LogP) is 7.10. The fourth-order valence-corrected chi connectivity index (χ4v) is 4.19. The number of nitrogens with zero attached hydrogens (tertiary/aromatic N) is 5. The maximum atomic E-state index is 9.17. The van der Waals surface area contributed by atoms with E-state index in [1.807, 2.05) is 104 Å². The van der Waals surface area contributed by atoms with Gasteiger partial charge in [-0.3, -0.25) is 0 Å². The van der Waals surface area contributed by atoms with Crippen molar-refractivity contribution in [1.82, 2.24) is 9.55 Å². The number of aromatic nitrogens is 2. The zero-order valence-electron chi connectivity index (χ0n) is 21.1. The third-order valence-electron chi connectivity index (χ3n) is 6.22. The highest BCUT2D eigenvalue weighted by Gasteiger charge is 2.13. The number of benzene rings is 4. The van der Waals surface area contributed by atoms with Crippen LogP contribution in [0.15, 0.2) is 116 Å². The van der Waals surface area contributed by atoms with E-state index < -0.39 is 0 Å². The van der Waals surface area contributed by atoms with Gasteiger partial charge in [0.25, 0.3) is 0 Å². The molecule has 6 nitrogen and oxygen atoms in total. The molecule has 0 fully saturated rings. The van der Waals surface area contributed by atoms with Gasteiger partial charge in [-0.2, -0.15) is 10.5 Å². The minimum atomic E-state index is 0. The first-order chi connectivity index (χ1) is 18.7. The largest absolute Gasteiger partial charge is 0.457 e. The third-order valence-corrected chi connectivity index (χ3v) is 6.22. The summed E-state index contributed by atoms with van der Waals surface area (Å²) < 4.78 is 8.11. The van der Waals surface area contributed by atoms with Crippen LogP contribution in [0.3, 0.4) is 0 Å². The minimum absolute atomic E-state index is 0. The van der Waals surface area contributed by atoms with Crippen molar-refractivity contribution in [2.24, 2.45) is 0 Å². The molecule has 0 saturated carbocycles. The summed E-state index contributed by atoms with van der Waals surface area (Å²) in [7, 11) is 0. The number of ether oxygens (including phenoxy) is 1. The molecule has 4 aromatic carbocycles. The van der Waals surface area contributed by atoms with Gasteiger partial charge in [0.1, 0.15) is 11.5 Å². The molecule has 0 bridgehead atoms. The summed E-state index contributed by atoms with van der Waals surface area (Å²) >= 11 is 0. The maximum absolute atomic E-state index is 9.17. The van der Waals surface area contributed by atoms with Crippen LogP contribution < -0.4 is 9.64 Å². The van der Waals surface area contributed by atoms with Gasteiger partial charge in [0.2, 0.25) is 0 Å². The Morgan fingerprint density at radius 3 is 1.90 bits per heavy atom. The minimum Gasteiger partial charge on any atom is -0.457 e. The van der Waals surface area contributed by atoms with Crippen LogP contribution in [0.1, 0.15) is 27.9 Å². The van der Waals surface area contributed by atoms with Crippen LogP contribution in [-0.4, -0.2) is 9.55 Å². The van der Waals surface area contributed by atoms with Crippen LogP contribution in [0, 0.1) is 22.7 Å². The molecular formula is C32H26ClN5O. The second-order valence-corrected chi connectivity index (χ2v) is 8.90. The van der Waals surface area contributed by atoms with Gasteiger partial charge in [-0.15, -0.1) is 12.4 Å². The van der Waals surface area contributed by atoms with E-state index in [1.54, 1.807) is 0 Å². The first-order valence-corrected chi connectivity index (χ1v) is 12.3. The normalized spacial score (nSPS) is 10.1. The molecule has 0 unspecified atom stereocenters. The van der Waals surface area contributed by atoms with Gasteiger partial charge in [0.15, 0.2) is 0 Å². The average Bonchev–Trinajstić information content (AvgIpc) is 3.40. The van der Waals surface area contributed by atoms with Crippen LogP contribution in [0.25, 0.3) is 0 Å². The van der Waals surface area contributed by atoms with Crippen molar-refractivity contribution in [1.29, 1.82) is 10.5 Å². The van der Waals surface area contributed by atoms with Crippen molar-refractivity contribution in [3.8, 4) is 23.6 Å². The maximum Gasteiger partial charge on any atom is 0.127 e. The lowest BCUT2D eigenvalue weighted by Gasteiger charge is -2.26. The fourth-order valence-electron chi connectivity index (χ4n) is 4.19. The third kappa shape index (κ3) is 7.05. The molecule has 0 saturated heterocycles. The Labute approximate surface area is 234 Å². The monoisotopic (exact) mass is 531 g/mol. The second-order valence-electron chi connectivity index (χ2n) is 8.90. The number of hydrogen-bond donors (Lipinski definition) is 0. The quantitative estimate of drug-likeness (QED) is 0.203. The van der Waals surface area contributed by atoms with Crippen LogP contribution in [0.5, 0.6) is 11.5 Å². The Kier molecular flexibility index (Phi) is 8.98. The highest BCUT2D eigenvalue weighted by Crippen LogP contribution is 2.27. The van der Waals surface area contributed by atoms with E-state index >= 15 is 0 Å². The van der Waals surface area contributed by atoms with Gasteiger partial charge < -0.3 is 14.2 Å². The van der Waals surface area contributed by atoms with Crippen molar-refractivity contribution in [3.63, 3.8) is 0 Å². The molecule has 1 aromatic heterocycles. The highest BCUT2D eigenvalue weighted by atomic mass is 35.5. The van der Waals surface area contributed by atoms with Crippen molar-refractivity contribution in [2.75, 3.05) is 4.90 Å². The Bertz CT molecular complexity index is 1570. The summed E-state index contributed by atoms with van der Waals surface area (Å²) in [6, 6.07) is 37.4. The summed E-state index contributed by atoms with van der Waals surface area (Å²) in [5.74, 6) is 1.56. The number of rotatable bonds is 9. The van der Waals surface area contributed by atoms with Crippen LogP contribution >= 0.6 is 12.4 Å². The lowest BCUT2D eigenvalue weighted by atomic mass is 10.1. The van der Waals surface area contributed by atoms with Gasteiger partial charge in [-0.1, -0.05) is 42.5 Å². The first kappa shape index (κ1) is 27.0. The summed E-state index contributed by atoms with van der Waals surface area (Å²) in [4.78, 5) is 6.70. The van der Waals surface area contributed by atoms with Gasteiger partial charge in [-0.25, -0.2) is 4.98 Å². The molecule has 5 rings (SSSR count). The lowest BCUT2D eigenvalue weighted by Crippen LogP contribution is -2.23. The van der Waals surface area contributed by atoms with Gasteiger partial charge in [0.05, 0.1) is 41.8 Å². The van der Waals surface area contributed by atoms with Crippen LogP contribution in [-0.2, 0) is 19.6 Å². The standard InChI is InChI=1S/C32H25N5O.ClH/c33-18-25-6-10-27(11-7-25)21-36(29-14-16-32(17-15-29)38-31-4-2-1-3-5-31)23-30-20-35-24-37(30)22-28-12-8-26(19-34)9-13-28;/h1-17,20,24H,21-23H2;1H. The molecular weight excluding hydrogens is 506 g/mol. The van der Waals surface area contributed by atoms with Crippen molar-refractivity contribution >= 4 is 18.1 Å². The van der Waals surface area contributed by atoms with E-state index in [-0.39, 0.29) is 12.4 Å². The predicted molar refractivity (Wildman–Crippen MR) is 154 cm³/mol. The molecule has 192 valence electrons. The van der Waals surface area contributed by atoms with E-state index in [2.05, 4.69) is 38.7 Å². The number of halogens is 1. The van der Waals surface area contributed by atoms with E-state index in [1.165, 1.54) is 0 Å². The molecule has 0 spiro atoms. The molecule has 1 heterocycles. The molecule has 0 aliphatic rings. The summed E-state index contributed by atoms with van der Waals surface area (Å²) in [6.45, 7) is 1.96. The van der Waals surface area contributed by atoms with Crippen molar-refractivity contribution < 1.29 is 4.74 Å². The molecule has 39 heavy (non-hydrogen) atoms. The number of hydrogen-bond acceptors (Lipinski definition) is 5. The molecule has 0 radical (unpaired) electrons. The topological polar surface area (TPSA) is 77.9 Å². The second kappa shape index (κ2) is 13.0. The van der Waals surface area contributed by atoms with Crippen molar-refractivity contribution in [2.45, 2.75) is 19.6 Å². The van der Waals surface area contributed by atoms with E-state index in [4.69, 9.17) is 10.00 Å². The highest BCUT2D eigenvalue weighted by molar-refractivity contribution is 5.85. The van der Waals surface area contributed by atoms with Crippen LogP contribution in [0.4, 0.5) is 5.69 Å². The molecule has 0 aliphatic heterocycles. The van der Waals surface area contributed by atoms with Gasteiger partial charge in [-0.05, 0) is 71.8 Å². The molecule has 5 aromatic rings. The Balaban J connectivity index is 0.00000353. The number of nitriles is 2. The Hall–Kier alpha value is -5.04. The smallest absolute Gasteiger partial charge is 0.127 e. The Morgan fingerprint density at radius 1 is 0.692 bits per heavy atom. The van der Waals surface area contributed by atoms with E-state index in [0.29, 0.717) is 30.8 Å². The van der Waals surface area contributed by atoms with Gasteiger partial charge >= 0.3 is 0 Å². The Morgan fingerprint density at radius 2 is 1.28 bits per heavy atom. The average molecular weight is 532 g/mol. The summed E-state index contributed by atoms with van der Waals surface area (Å²) in [6.07, 6.45) is 3.73. The number of imidazole rings is 1. The SMILES string of the molecule is Cl.N#Cc1ccc(CN(Cc2cncn2Cc2ccc(C#N)cc2)c2ccc(Oc3ccccc3)cc2)cc1. The van der Waals surface area contributed by atoms with Crippen molar-refractivity contribution in [3.05, 3.63) is 144 Å². The van der Waals surface area contributed by atoms with E-state index in [9.17, 15) is 5.26 Å². The fraction of sp³-hybridized carbons (Fsp3) is 0.0938. The summed E-state index contributed by atoms with van der Waals surface area (Å²) in [5, 5.41) is 18.3. The zero-order valence-corrected chi connectivity index (χ0v) is 22.0. The summed E-state index contributed by atoms with van der Waals surface area (Å²) in [5.41, 5.74) is 5.60. The number of para-hydroxylation sites is 1. The molecule has 7 heteroatoms. The van der Waals surface area contributed by atoms with E-state index in [0.717, 1.165) is 34.0 Å². The molecule has 0 atom stereocenters.